The van der Waals surface area contributed by atoms with Gasteiger partial charge < -0.3 is 15.0 Å². The molecule has 1 aliphatic heterocycles. The van der Waals surface area contributed by atoms with Crippen LogP contribution in [0.25, 0.3) is 11.2 Å². The van der Waals surface area contributed by atoms with Crippen molar-refractivity contribution >= 4 is 34.5 Å². The number of hydrogen-bond donors (Lipinski definition) is 1. The van der Waals surface area contributed by atoms with Crippen LogP contribution >= 0.6 is 0 Å². The van der Waals surface area contributed by atoms with E-state index in [0.717, 1.165) is 37.6 Å². The molecule has 4 rings (SSSR count). The highest BCUT2D eigenvalue weighted by Crippen LogP contribution is 2.21. The number of piperazine rings is 1. The number of benzene rings is 1. The Balaban J connectivity index is 1.30. The normalized spacial score (nSPS) is 14.5. The Hall–Kier alpha value is -3.60. The minimum Gasteiger partial charge on any atom is -0.462 e. The van der Waals surface area contributed by atoms with Crippen LogP contribution < -0.4 is 10.2 Å². The van der Waals surface area contributed by atoms with Crippen molar-refractivity contribution in [1.82, 2.24) is 29.9 Å². The van der Waals surface area contributed by atoms with Crippen LogP contribution in [0.4, 0.5) is 11.5 Å². The van der Waals surface area contributed by atoms with Crippen LogP contribution in [0, 0.1) is 0 Å². The average molecular weight is 438 g/mol. The summed E-state index contributed by atoms with van der Waals surface area (Å²) in [5.41, 5.74) is 2.53. The third kappa shape index (κ3) is 4.67. The maximum Gasteiger partial charge on any atom is 0.338 e. The first-order valence-electron chi connectivity index (χ1n) is 10.7. The van der Waals surface area contributed by atoms with E-state index in [4.69, 9.17) is 4.74 Å². The van der Waals surface area contributed by atoms with E-state index in [9.17, 15) is 9.59 Å². The monoisotopic (exact) mass is 438 g/mol. The molecule has 1 N–H and O–H groups in total. The molecule has 0 radical (unpaired) electrons. The lowest BCUT2D eigenvalue weighted by Crippen LogP contribution is -2.49. The van der Waals surface area contributed by atoms with Crippen LogP contribution in [0.1, 0.15) is 24.2 Å². The van der Waals surface area contributed by atoms with Gasteiger partial charge in [0.1, 0.15) is 6.33 Å². The van der Waals surface area contributed by atoms with E-state index >= 15 is 0 Å². The Morgan fingerprint density at radius 2 is 1.81 bits per heavy atom. The molecule has 168 valence electrons. The molecule has 2 aromatic heterocycles. The molecule has 3 heterocycles. The lowest BCUT2D eigenvalue weighted by molar-refractivity contribution is -0.117. The molecular weight excluding hydrogens is 412 g/mol. The molecule has 1 aliphatic rings. The predicted octanol–water partition coefficient (Wildman–Crippen LogP) is 1.18. The smallest absolute Gasteiger partial charge is 0.338 e. The van der Waals surface area contributed by atoms with Crippen molar-refractivity contribution in [1.29, 1.82) is 0 Å². The number of anilines is 2. The largest absolute Gasteiger partial charge is 0.462 e. The molecule has 0 spiro atoms. The molecule has 3 aromatic rings. The van der Waals surface area contributed by atoms with Crippen LogP contribution in [0.2, 0.25) is 0 Å². The summed E-state index contributed by atoms with van der Waals surface area (Å²) < 4.78 is 6.72. The molecule has 0 unspecified atom stereocenters. The average Bonchev–Trinajstić information content (AvgIpc) is 3.23. The van der Waals surface area contributed by atoms with Gasteiger partial charge in [-0.15, -0.1) is 5.10 Å². The molecule has 11 nitrogen and oxygen atoms in total. The number of ether oxygens (including phenoxy) is 1. The third-order valence-corrected chi connectivity index (χ3v) is 5.30. The summed E-state index contributed by atoms with van der Waals surface area (Å²) in [7, 11) is 0. The Morgan fingerprint density at radius 3 is 2.50 bits per heavy atom. The summed E-state index contributed by atoms with van der Waals surface area (Å²) in [6.45, 7) is 7.97. The van der Waals surface area contributed by atoms with Gasteiger partial charge in [-0.1, -0.05) is 5.21 Å². The number of esters is 1. The maximum absolute atomic E-state index is 12.5. The molecule has 32 heavy (non-hydrogen) atoms. The highest BCUT2D eigenvalue weighted by Gasteiger charge is 2.23. The molecule has 1 fully saturated rings. The minimum atomic E-state index is -0.374. The lowest BCUT2D eigenvalue weighted by Gasteiger charge is -2.34. The number of rotatable bonds is 7. The summed E-state index contributed by atoms with van der Waals surface area (Å²) in [5.74, 6) is 0.305. The maximum atomic E-state index is 12.5. The van der Waals surface area contributed by atoms with Gasteiger partial charge in [-0.3, -0.25) is 9.69 Å². The fourth-order valence-corrected chi connectivity index (χ4v) is 3.65. The number of carbonyl (C=O) groups excluding carboxylic acids is 2. The quantitative estimate of drug-likeness (QED) is 0.542. The highest BCUT2D eigenvalue weighted by atomic mass is 16.5. The van der Waals surface area contributed by atoms with Gasteiger partial charge in [-0.2, -0.15) is 0 Å². The zero-order valence-corrected chi connectivity index (χ0v) is 18.2. The second kappa shape index (κ2) is 9.69. The van der Waals surface area contributed by atoms with E-state index in [1.807, 2.05) is 6.92 Å². The van der Waals surface area contributed by atoms with Gasteiger partial charge in [0.25, 0.3) is 0 Å². The zero-order chi connectivity index (χ0) is 22.5. The van der Waals surface area contributed by atoms with Crippen LogP contribution in [-0.2, 0) is 16.1 Å². The molecule has 1 amide bonds. The predicted molar refractivity (Wildman–Crippen MR) is 118 cm³/mol. The highest BCUT2D eigenvalue weighted by molar-refractivity contribution is 5.94. The van der Waals surface area contributed by atoms with E-state index in [1.165, 1.54) is 0 Å². The Bertz CT molecular complexity index is 1090. The number of nitrogens with zero attached hydrogens (tertiary/aromatic N) is 7. The van der Waals surface area contributed by atoms with Crippen LogP contribution in [0.15, 0.2) is 30.6 Å². The fraction of sp³-hybridized carbons (Fsp3) is 0.429. The van der Waals surface area contributed by atoms with Gasteiger partial charge in [-0.05, 0) is 38.1 Å². The Kier molecular flexibility index (Phi) is 6.55. The van der Waals surface area contributed by atoms with Gasteiger partial charge in [0.15, 0.2) is 17.0 Å². The molecule has 1 aromatic carbocycles. The van der Waals surface area contributed by atoms with Crippen molar-refractivity contribution in [2.24, 2.45) is 0 Å². The number of hydrogen-bond acceptors (Lipinski definition) is 9. The second-order valence-electron chi connectivity index (χ2n) is 7.38. The second-order valence-corrected chi connectivity index (χ2v) is 7.38. The molecule has 0 saturated carbocycles. The SMILES string of the molecule is CCOC(=O)c1ccc(NC(=O)CN2CCN(c3ncnc4c3nnn4CC)CC2)cc1. The van der Waals surface area contributed by atoms with Crippen molar-refractivity contribution in [3.05, 3.63) is 36.2 Å². The van der Waals surface area contributed by atoms with E-state index in [2.05, 4.69) is 35.4 Å². The summed E-state index contributed by atoms with van der Waals surface area (Å²) in [6, 6.07) is 6.69. The number of aromatic nitrogens is 5. The number of fused-ring (bicyclic) bond motifs is 1. The first kappa shape index (κ1) is 21.6. The summed E-state index contributed by atoms with van der Waals surface area (Å²) in [5, 5.41) is 11.3. The van der Waals surface area contributed by atoms with E-state index in [0.29, 0.717) is 36.5 Å². The lowest BCUT2D eigenvalue weighted by atomic mass is 10.2. The van der Waals surface area contributed by atoms with E-state index < -0.39 is 0 Å². The van der Waals surface area contributed by atoms with Gasteiger partial charge in [0, 0.05) is 38.4 Å². The number of aryl methyl sites for hydroxylation is 1. The Morgan fingerprint density at radius 1 is 1.06 bits per heavy atom. The molecule has 0 atom stereocenters. The molecule has 0 bridgehead atoms. The van der Waals surface area contributed by atoms with Crippen molar-refractivity contribution < 1.29 is 14.3 Å². The molecular formula is C21H26N8O3. The molecule has 11 heteroatoms. The topological polar surface area (TPSA) is 118 Å². The third-order valence-electron chi connectivity index (χ3n) is 5.30. The number of nitrogens with one attached hydrogen (secondary N) is 1. The van der Waals surface area contributed by atoms with Crippen molar-refractivity contribution in [3.8, 4) is 0 Å². The van der Waals surface area contributed by atoms with Crippen molar-refractivity contribution in [2.45, 2.75) is 20.4 Å². The summed E-state index contributed by atoms with van der Waals surface area (Å²) in [4.78, 5) is 37.2. The molecule has 1 saturated heterocycles. The number of carbonyl (C=O) groups is 2. The first-order valence-corrected chi connectivity index (χ1v) is 10.7. The van der Waals surface area contributed by atoms with Gasteiger partial charge in [0.2, 0.25) is 5.91 Å². The standard InChI is InChI=1S/C21H26N8O3/c1-3-29-20-18(25-26-29)19(22-14-23-20)28-11-9-27(10-12-28)13-17(30)24-16-7-5-15(6-8-16)21(31)32-4-2/h5-8,14H,3-4,9-13H2,1-2H3,(H,24,30). The van der Waals surface area contributed by atoms with Gasteiger partial charge >= 0.3 is 5.97 Å². The van der Waals surface area contributed by atoms with Gasteiger partial charge in [0.05, 0.1) is 18.7 Å². The van der Waals surface area contributed by atoms with Crippen LogP contribution in [-0.4, -0.2) is 81.1 Å². The van der Waals surface area contributed by atoms with Crippen LogP contribution in [0.5, 0.6) is 0 Å². The summed E-state index contributed by atoms with van der Waals surface area (Å²) in [6.07, 6.45) is 1.54. The van der Waals surface area contributed by atoms with E-state index in [-0.39, 0.29) is 11.9 Å². The number of amides is 1. The fourth-order valence-electron chi connectivity index (χ4n) is 3.65. The van der Waals surface area contributed by atoms with Gasteiger partial charge in [-0.25, -0.2) is 19.4 Å². The summed E-state index contributed by atoms with van der Waals surface area (Å²) >= 11 is 0. The zero-order valence-electron chi connectivity index (χ0n) is 18.2. The van der Waals surface area contributed by atoms with Crippen molar-refractivity contribution in [2.75, 3.05) is 49.5 Å². The first-order chi connectivity index (χ1) is 15.6. The van der Waals surface area contributed by atoms with Crippen LogP contribution in [0.3, 0.4) is 0 Å². The molecule has 0 aliphatic carbocycles. The van der Waals surface area contributed by atoms with Crippen molar-refractivity contribution in [3.63, 3.8) is 0 Å². The van der Waals surface area contributed by atoms with E-state index in [1.54, 1.807) is 42.2 Å². The Labute approximate surface area is 185 Å². The minimum absolute atomic E-state index is 0.0994.